The van der Waals surface area contributed by atoms with Gasteiger partial charge in [-0.2, -0.15) is 0 Å². The summed E-state index contributed by atoms with van der Waals surface area (Å²) >= 11 is 11.4. The standard InChI is InChI=1S/C10H10Cl2O3/c1-2-9(13)15-6-7-3-4-8(11)5-10(7,12)14/h2-5,7,14H,1,6H2. The molecule has 0 aliphatic heterocycles. The Morgan fingerprint density at radius 3 is 3.00 bits per heavy atom. The van der Waals surface area contributed by atoms with Crippen molar-refractivity contribution in [3.63, 3.8) is 0 Å². The average molecular weight is 249 g/mol. The van der Waals surface area contributed by atoms with Crippen molar-refractivity contribution >= 4 is 29.2 Å². The Bertz CT molecular complexity index is 332. The molecule has 2 atom stereocenters. The Hall–Kier alpha value is -0.770. The van der Waals surface area contributed by atoms with Gasteiger partial charge in [-0.1, -0.05) is 35.9 Å². The second kappa shape index (κ2) is 4.84. The summed E-state index contributed by atoms with van der Waals surface area (Å²) in [5.74, 6) is -1.08. The van der Waals surface area contributed by atoms with Gasteiger partial charge in [0.15, 0.2) is 5.06 Å². The normalized spacial score (nSPS) is 29.5. The molecule has 15 heavy (non-hydrogen) atoms. The first-order valence-electron chi connectivity index (χ1n) is 4.23. The molecule has 0 aromatic rings. The lowest BCUT2D eigenvalue weighted by atomic mass is 9.98. The predicted octanol–water partition coefficient (Wildman–Crippen LogP) is 1.95. The second-order valence-electron chi connectivity index (χ2n) is 3.06. The number of carbonyl (C=O) groups excluding carboxylic acids is 1. The highest BCUT2D eigenvalue weighted by Gasteiger charge is 2.34. The number of ether oxygens (including phenoxy) is 1. The van der Waals surface area contributed by atoms with Crippen LogP contribution in [0.2, 0.25) is 0 Å². The van der Waals surface area contributed by atoms with E-state index in [4.69, 9.17) is 27.9 Å². The van der Waals surface area contributed by atoms with E-state index in [9.17, 15) is 9.90 Å². The summed E-state index contributed by atoms with van der Waals surface area (Å²) in [6.45, 7) is 3.23. The third kappa shape index (κ3) is 3.38. The molecular weight excluding hydrogens is 239 g/mol. The summed E-state index contributed by atoms with van der Waals surface area (Å²) in [6.07, 6.45) is 5.52. The molecule has 82 valence electrons. The van der Waals surface area contributed by atoms with E-state index in [1.807, 2.05) is 0 Å². The Kier molecular flexibility index (Phi) is 3.97. The molecule has 0 radical (unpaired) electrons. The molecular formula is C10H10Cl2O3. The van der Waals surface area contributed by atoms with Gasteiger partial charge < -0.3 is 9.84 Å². The molecule has 0 bridgehead atoms. The lowest BCUT2D eigenvalue weighted by Crippen LogP contribution is -2.34. The number of aliphatic hydroxyl groups is 1. The van der Waals surface area contributed by atoms with Crippen LogP contribution >= 0.6 is 23.2 Å². The second-order valence-corrected chi connectivity index (χ2v) is 4.10. The van der Waals surface area contributed by atoms with Gasteiger partial charge in [-0.25, -0.2) is 4.79 Å². The highest BCUT2D eigenvalue weighted by atomic mass is 35.5. The van der Waals surface area contributed by atoms with Crippen molar-refractivity contribution in [3.8, 4) is 0 Å². The highest BCUT2D eigenvalue weighted by Crippen LogP contribution is 2.32. The Balaban J connectivity index is 2.61. The molecule has 0 spiro atoms. The zero-order valence-corrected chi connectivity index (χ0v) is 9.33. The number of esters is 1. The Labute approximate surface area is 97.6 Å². The molecule has 3 nitrogen and oxygen atoms in total. The fourth-order valence-corrected chi connectivity index (χ4v) is 1.64. The van der Waals surface area contributed by atoms with Crippen molar-refractivity contribution < 1.29 is 14.6 Å². The third-order valence-electron chi connectivity index (χ3n) is 1.92. The number of carbonyl (C=O) groups is 1. The number of allylic oxidation sites excluding steroid dienone is 2. The van der Waals surface area contributed by atoms with Crippen LogP contribution in [-0.2, 0) is 9.53 Å². The van der Waals surface area contributed by atoms with Crippen molar-refractivity contribution in [1.29, 1.82) is 0 Å². The van der Waals surface area contributed by atoms with Crippen molar-refractivity contribution in [1.82, 2.24) is 0 Å². The largest absolute Gasteiger partial charge is 0.462 e. The van der Waals surface area contributed by atoms with E-state index in [0.717, 1.165) is 6.08 Å². The van der Waals surface area contributed by atoms with E-state index >= 15 is 0 Å². The first-order chi connectivity index (χ1) is 6.95. The van der Waals surface area contributed by atoms with Crippen LogP contribution in [0.3, 0.4) is 0 Å². The van der Waals surface area contributed by atoms with Crippen LogP contribution in [0.1, 0.15) is 0 Å². The molecule has 0 heterocycles. The van der Waals surface area contributed by atoms with E-state index in [1.54, 1.807) is 12.2 Å². The van der Waals surface area contributed by atoms with Gasteiger partial charge in [0.1, 0.15) is 6.61 Å². The molecule has 5 heteroatoms. The quantitative estimate of drug-likeness (QED) is 0.472. The van der Waals surface area contributed by atoms with Crippen LogP contribution in [0, 0.1) is 5.92 Å². The van der Waals surface area contributed by atoms with E-state index < -0.39 is 16.9 Å². The van der Waals surface area contributed by atoms with E-state index in [1.165, 1.54) is 6.08 Å². The van der Waals surface area contributed by atoms with Gasteiger partial charge in [-0.3, -0.25) is 0 Å². The highest BCUT2D eigenvalue weighted by molar-refractivity contribution is 6.33. The number of hydrogen-bond acceptors (Lipinski definition) is 3. The SMILES string of the molecule is C=CC(=O)OCC1C=CC(Cl)=CC1(O)Cl. The molecule has 0 aromatic heterocycles. The monoisotopic (exact) mass is 248 g/mol. The molecule has 0 amide bonds. The van der Waals surface area contributed by atoms with E-state index in [0.29, 0.717) is 5.03 Å². The molecule has 1 aliphatic carbocycles. The average Bonchev–Trinajstić information content (AvgIpc) is 2.14. The van der Waals surface area contributed by atoms with Crippen LogP contribution in [-0.4, -0.2) is 22.7 Å². The van der Waals surface area contributed by atoms with E-state index in [2.05, 4.69) is 6.58 Å². The molecule has 1 rings (SSSR count). The first kappa shape index (κ1) is 12.3. The number of hydrogen-bond donors (Lipinski definition) is 1. The smallest absolute Gasteiger partial charge is 0.330 e. The predicted molar refractivity (Wildman–Crippen MR) is 58.5 cm³/mol. The van der Waals surface area contributed by atoms with Crippen LogP contribution in [0.4, 0.5) is 0 Å². The summed E-state index contributed by atoms with van der Waals surface area (Å²) in [6, 6.07) is 0. The molecule has 0 saturated carbocycles. The summed E-state index contributed by atoms with van der Waals surface area (Å²) in [7, 11) is 0. The van der Waals surface area contributed by atoms with Gasteiger partial charge in [-0.15, -0.1) is 0 Å². The maximum Gasteiger partial charge on any atom is 0.330 e. The number of alkyl halides is 1. The number of halogens is 2. The van der Waals surface area contributed by atoms with Gasteiger partial charge in [0.25, 0.3) is 0 Å². The minimum absolute atomic E-state index is 0.0258. The molecule has 0 saturated heterocycles. The first-order valence-corrected chi connectivity index (χ1v) is 4.98. The molecule has 0 fully saturated rings. The fraction of sp³-hybridized carbons (Fsp3) is 0.300. The van der Waals surface area contributed by atoms with Crippen molar-refractivity contribution in [2.45, 2.75) is 5.06 Å². The topological polar surface area (TPSA) is 46.5 Å². The van der Waals surface area contributed by atoms with E-state index in [-0.39, 0.29) is 6.61 Å². The molecule has 0 aromatic carbocycles. The summed E-state index contributed by atoms with van der Waals surface area (Å²) < 4.78 is 4.78. The van der Waals surface area contributed by atoms with Crippen LogP contribution < -0.4 is 0 Å². The zero-order chi connectivity index (χ0) is 11.5. The molecule has 2 unspecified atom stereocenters. The maximum atomic E-state index is 10.8. The Morgan fingerprint density at radius 1 is 1.80 bits per heavy atom. The minimum Gasteiger partial charge on any atom is -0.462 e. The molecule has 1 aliphatic rings. The van der Waals surface area contributed by atoms with Gasteiger partial charge in [0.05, 0.1) is 5.92 Å². The minimum atomic E-state index is -1.62. The fourth-order valence-electron chi connectivity index (χ4n) is 1.09. The van der Waals surface area contributed by atoms with Crippen LogP contribution in [0.15, 0.2) is 35.9 Å². The Morgan fingerprint density at radius 2 is 2.47 bits per heavy atom. The lowest BCUT2D eigenvalue weighted by molar-refractivity contribution is -0.139. The van der Waals surface area contributed by atoms with Crippen molar-refractivity contribution in [2.24, 2.45) is 5.92 Å². The summed E-state index contributed by atoms with van der Waals surface area (Å²) in [4.78, 5) is 10.8. The van der Waals surface area contributed by atoms with Crippen LogP contribution in [0.25, 0.3) is 0 Å². The van der Waals surface area contributed by atoms with Crippen molar-refractivity contribution in [2.75, 3.05) is 6.61 Å². The third-order valence-corrected chi connectivity index (χ3v) is 2.54. The maximum absolute atomic E-state index is 10.8. The lowest BCUT2D eigenvalue weighted by Gasteiger charge is -2.27. The van der Waals surface area contributed by atoms with Gasteiger partial charge in [0.2, 0.25) is 0 Å². The van der Waals surface area contributed by atoms with Gasteiger partial charge in [-0.05, 0) is 12.2 Å². The summed E-state index contributed by atoms with van der Waals surface area (Å²) in [5, 5.41) is 8.45. The van der Waals surface area contributed by atoms with Crippen LogP contribution in [0.5, 0.6) is 0 Å². The number of rotatable bonds is 3. The zero-order valence-electron chi connectivity index (χ0n) is 7.82. The molecule has 1 N–H and O–H groups in total. The van der Waals surface area contributed by atoms with Gasteiger partial charge >= 0.3 is 5.97 Å². The van der Waals surface area contributed by atoms with Gasteiger partial charge in [0, 0.05) is 11.1 Å². The van der Waals surface area contributed by atoms with Crippen molar-refractivity contribution in [3.05, 3.63) is 35.9 Å². The summed E-state index contributed by atoms with van der Waals surface area (Å²) in [5.41, 5.74) is 0.